The molecule has 0 unspecified atom stereocenters. The summed E-state index contributed by atoms with van der Waals surface area (Å²) in [4.78, 5) is 12.6. The molecule has 4 saturated carbocycles. The van der Waals surface area contributed by atoms with E-state index in [0.717, 1.165) is 32.3 Å². The monoisotopic (exact) mass is 676 g/mol. The molecule has 7 aliphatic rings. The van der Waals surface area contributed by atoms with Crippen molar-refractivity contribution in [1.29, 1.82) is 0 Å². The summed E-state index contributed by atoms with van der Waals surface area (Å²) in [5.41, 5.74) is 0.218. The van der Waals surface area contributed by atoms with E-state index < -0.39 is 72.4 Å². The maximum Gasteiger partial charge on any atom is 0.302 e. The van der Waals surface area contributed by atoms with Crippen molar-refractivity contribution in [2.45, 2.75) is 149 Å². The molecule has 0 aromatic rings. The number of fused-ring (bicyclic) bond motifs is 5. The van der Waals surface area contributed by atoms with E-state index in [-0.39, 0.29) is 34.2 Å². The number of hydrogen-bond donors (Lipinski definition) is 5. The van der Waals surface area contributed by atoms with Gasteiger partial charge in [-0.05, 0) is 83.9 Å². The summed E-state index contributed by atoms with van der Waals surface area (Å²) in [6.07, 6.45) is -1.26. The molecule has 48 heavy (non-hydrogen) atoms. The van der Waals surface area contributed by atoms with Gasteiger partial charge in [0.05, 0.1) is 25.4 Å². The molecule has 6 fully saturated rings. The van der Waals surface area contributed by atoms with Crippen LogP contribution < -0.4 is 0 Å². The highest BCUT2D eigenvalue weighted by atomic mass is 16.7. The van der Waals surface area contributed by atoms with E-state index in [0.29, 0.717) is 30.6 Å². The summed E-state index contributed by atoms with van der Waals surface area (Å²) in [5, 5.41) is 53.9. The second kappa shape index (κ2) is 11.4. The summed E-state index contributed by atoms with van der Waals surface area (Å²) in [6, 6.07) is 0. The maximum absolute atomic E-state index is 12.6. The van der Waals surface area contributed by atoms with E-state index in [1.165, 1.54) is 12.5 Å². The Morgan fingerprint density at radius 3 is 2.35 bits per heavy atom. The first kappa shape index (κ1) is 35.3. The zero-order chi connectivity index (χ0) is 34.9. The van der Waals surface area contributed by atoms with E-state index in [4.69, 9.17) is 18.9 Å². The number of aliphatic hydroxyl groups excluding tert-OH is 5. The molecule has 2 aliphatic heterocycles. The van der Waals surface area contributed by atoms with Crippen molar-refractivity contribution in [3.05, 3.63) is 11.6 Å². The molecule has 2 bridgehead atoms. The number of esters is 1. The first-order valence-electron chi connectivity index (χ1n) is 18.5. The highest BCUT2D eigenvalue weighted by Crippen LogP contribution is 2.78. The quantitative estimate of drug-likeness (QED) is 0.166. The molecular weight excluding hydrogens is 616 g/mol. The Hall–Kier alpha value is -1.11. The van der Waals surface area contributed by atoms with Crippen LogP contribution in [0.5, 0.6) is 0 Å². The third-order valence-corrected chi connectivity index (χ3v) is 15.8. The SMILES string of the molecule is CC(=O)O[C@@H]1C[C@]2(C)C3=CC[C@]4(C)[C@H]5[C@@H]6C[C@@H](C(C)C)[C@@]5(CC[C@@]4(C)[C@@H]3[C@@H](O)C[C@@H]2C(C)(C)[C@H]1O[C@@H]1O[C@H](CO)[C@@H](O)[C@H](O)[C@H]1O)CO6. The Kier molecular flexibility index (Phi) is 8.42. The molecule has 17 atom stereocenters. The minimum atomic E-state index is -1.59. The molecule has 7 rings (SSSR count). The van der Waals surface area contributed by atoms with Gasteiger partial charge in [-0.1, -0.05) is 60.1 Å². The fraction of sp³-hybridized carbons (Fsp3) is 0.921. The van der Waals surface area contributed by atoms with Gasteiger partial charge in [0.1, 0.15) is 36.6 Å². The Morgan fingerprint density at radius 2 is 1.71 bits per heavy atom. The van der Waals surface area contributed by atoms with Crippen molar-refractivity contribution in [3.63, 3.8) is 0 Å². The van der Waals surface area contributed by atoms with Crippen LogP contribution in [0.25, 0.3) is 0 Å². The molecule has 5 aliphatic carbocycles. The maximum atomic E-state index is 12.6. The van der Waals surface area contributed by atoms with Gasteiger partial charge in [-0.2, -0.15) is 0 Å². The van der Waals surface area contributed by atoms with Gasteiger partial charge in [0.15, 0.2) is 6.29 Å². The standard InChI is InChI=1S/C38H60O10/c1-18(2)21-13-23-31-37(8)10-9-20-27(36(37,7)11-12-38(21,31)17-45-23)22(41)14-26-34(4,5)32(24(46-19(3)40)15-35(20,26)6)48-33-30(44)29(43)28(42)25(16-39)47-33/h9,18,21-33,39,41-44H,10-17H2,1-8H3/t21-,22-,23-,24+,25+,26+,27-,28+,29-,30+,31+,32-,33-,35+,36-,37+,38+/m0/s1. The Labute approximate surface area is 285 Å². The lowest BCUT2D eigenvalue weighted by atomic mass is 9.35. The largest absolute Gasteiger partial charge is 0.460 e. The van der Waals surface area contributed by atoms with E-state index in [1.54, 1.807) is 0 Å². The van der Waals surface area contributed by atoms with E-state index >= 15 is 0 Å². The highest BCUT2D eigenvalue weighted by molar-refractivity contribution is 5.66. The molecular formula is C38H60O10. The van der Waals surface area contributed by atoms with Crippen LogP contribution in [0.4, 0.5) is 0 Å². The van der Waals surface area contributed by atoms with Crippen LogP contribution in [-0.2, 0) is 23.7 Å². The van der Waals surface area contributed by atoms with Gasteiger partial charge in [-0.25, -0.2) is 0 Å². The van der Waals surface area contributed by atoms with Crippen LogP contribution in [0, 0.1) is 56.7 Å². The second-order valence-corrected chi connectivity index (χ2v) is 18.5. The van der Waals surface area contributed by atoms with Crippen molar-refractivity contribution in [2.24, 2.45) is 56.7 Å². The van der Waals surface area contributed by atoms with E-state index in [1.807, 2.05) is 0 Å². The molecule has 0 radical (unpaired) electrons. The van der Waals surface area contributed by atoms with E-state index in [2.05, 4.69) is 54.5 Å². The third kappa shape index (κ3) is 4.55. The lowest BCUT2D eigenvalue weighted by molar-refractivity contribution is -0.337. The van der Waals surface area contributed by atoms with Gasteiger partial charge >= 0.3 is 5.97 Å². The minimum absolute atomic E-state index is 0.0252. The number of aliphatic hydroxyl groups is 5. The molecule has 10 heteroatoms. The van der Waals surface area contributed by atoms with Gasteiger partial charge in [0, 0.05) is 18.3 Å². The predicted molar refractivity (Wildman–Crippen MR) is 175 cm³/mol. The fourth-order valence-electron chi connectivity index (χ4n) is 13.6. The van der Waals surface area contributed by atoms with Crippen LogP contribution in [0.1, 0.15) is 93.9 Å². The number of carbonyl (C=O) groups is 1. The fourth-order valence-corrected chi connectivity index (χ4v) is 13.6. The third-order valence-electron chi connectivity index (χ3n) is 15.8. The number of hydrogen-bond acceptors (Lipinski definition) is 10. The zero-order valence-electron chi connectivity index (χ0n) is 30.1. The van der Waals surface area contributed by atoms with Crippen LogP contribution >= 0.6 is 0 Å². The average molecular weight is 677 g/mol. The minimum Gasteiger partial charge on any atom is -0.460 e. The number of allylic oxidation sites excluding steroid dienone is 1. The van der Waals surface area contributed by atoms with Crippen molar-refractivity contribution in [2.75, 3.05) is 13.2 Å². The van der Waals surface area contributed by atoms with Crippen molar-refractivity contribution in [3.8, 4) is 0 Å². The summed E-state index contributed by atoms with van der Waals surface area (Å²) in [5.74, 6) is 1.19. The lowest BCUT2D eigenvalue weighted by Gasteiger charge is -2.70. The van der Waals surface area contributed by atoms with E-state index in [9.17, 15) is 30.3 Å². The summed E-state index contributed by atoms with van der Waals surface area (Å²) in [7, 11) is 0. The molecule has 0 spiro atoms. The van der Waals surface area contributed by atoms with Gasteiger partial charge in [-0.15, -0.1) is 0 Å². The first-order valence-corrected chi connectivity index (χ1v) is 18.5. The molecule has 0 aromatic carbocycles. The van der Waals surface area contributed by atoms with Crippen molar-refractivity contribution < 1.29 is 49.3 Å². The normalized spacial score (nSPS) is 55.3. The number of rotatable bonds is 5. The average Bonchev–Trinajstić information content (AvgIpc) is 3.56. The molecule has 0 amide bonds. The van der Waals surface area contributed by atoms with Crippen molar-refractivity contribution >= 4 is 5.97 Å². The molecule has 5 N–H and O–H groups in total. The van der Waals surface area contributed by atoms with Crippen molar-refractivity contribution in [1.82, 2.24) is 0 Å². The summed E-state index contributed by atoms with van der Waals surface area (Å²) < 4.78 is 24.9. The Balaban J connectivity index is 1.25. The molecule has 2 heterocycles. The van der Waals surface area contributed by atoms with Gasteiger partial charge in [0.2, 0.25) is 0 Å². The molecule has 0 aromatic heterocycles. The molecule has 2 saturated heterocycles. The first-order chi connectivity index (χ1) is 22.4. The lowest BCUT2D eigenvalue weighted by Crippen LogP contribution is -2.68. The molecule has 272 valence electrons. The molecule has 10 nitrogen and oxygen atoms in total. The number of ether oxygens (including phenoxy) is 4. The number of carbonyl (C=O) groups excluding carboxylic acids is 1. The van der Waals surface area contributed by atoms with Crippen LogP contribution in [0.15, 0.2) is 11.6 Å². The van der Waals surface area contributed by atoms with Crippen LogP contribution in [0.2, 0.25) is 0 Å². The summed E-state index contributed by atoms with van der Waals surface area (Å²) in [6.45, 7) is 17.7. The zero-order valence-corrected chi connectivity index (χ0v) is 30.1. The smallest absolute Gasteiger partial charge is 0.302 e. The Morgan fingerprint density at radius 1 is 1.00 bits per heavy atom. The summed E-state index contributed by atoms with van der Waals surface area (Å²) >= 11 is 0. The second-order valence-electron chi connectivity index (χ2n) is 18.5. The van der Waals surface area contributed by atoms with Crippen LogP contribution in [0.3, 0.4) is 0 Å². The predicted octanol–water partition coefficient (Wildman–Crippen LogP) is 3.35. The Bertz CT molecular complexity index is 1310. The van der Waals surface area contributed by atoms with Crippen LogP contribution in [-0.4, -0.2) is 99.8 Å². The topological polar surface area (TPSA) is 155 Å². The van der Waals surface area contributed by atoms with Gasteiger partial charge < -0.3 is 44.5 Å². The van der Waals surface area contributed by atoms with Gasteiger partial charge in [0.25, 0.3) is 0 Å². The van der Waals surface area contributed by atoms with Gasteiger partial charge in [-0.3, -0.25) is 4.79 Å². The highest BCUT2D eigenvalue weighted by Gasteiger charge is 2.75.